The Hall–Kier alpha value is -2.29. The van der Waals surface area contributed by atoms with E-state index in [-0.39, 0.29) is 17.7 Å². The molecule has 3 heterocycles. The quantitative estimate of drug-likeness (QED) is 0.581. The van der Waals surface area contributed by atoms with Gasteiger partial charge in [-0.25, -0.2) is 0 Å². The van der Waals surface area contributed by atoms with E-state index < -0.39 is 23.6 Å². The lowest BCUT2D eigenvalue weighted by atomic mass is 9.85. The van der Waals surface area contributed by atoms with Gasteiger partial charge in [0.25, 0.3) is 0 Å². The van der Waals surface area contributed by atoms with Gasteiger partial charge >= 0.3 is 12.1 Å². The minimum atomic E-state index is -4.43. The summed E-state index contributed by atoms with van der Waals surface area (Å²) in [5.41, 5.74) is 0.791. The average molecular weight is 522 g/mol. The van der Waals surface area contributed by atoms with E-state index in [9.17, 15) is 27.9 Å². The summed E-state index contributed by atoms with van der Waals surface area (Å²) >= 11 is 0. The van der Waals surface area contributed by atoms with Crippen molar-refractivity contribution in [3.63, 3.8) is 0 Å². The second kappa shape index (κ2) is 10.8. The number of hydrogen-bond donors (Lipinski definition) is 1. The number of carbonyl (C=O) groups excluding carboxylic acids is 1. The number of halogens is 3. The number of alkyl halides is 3. The van der Waals surface area contributed by atoms with Crippen molar-refractivity contribution in [2.45, 2.75) is 63.5 Å². The number of nitrogens with zero attached hydrogens (tertiary/aromatic N) is 3. The fourth-order valence-corrected chi connectivity index (χ4v) is 6.62. The average Bonchev–Trinajstić information content (AvgIpc) is 3.34. The number of piperidine rings is 2. The van der Waals surface area contributed by atoms with Gasteiger partial charge in [0.05, 0.1) is 17.4 Å². The van der Waals surface area contributed by atoms with Crippen LogP contribution in [0.15, 0.2) is 18.2 Å². The lowest BCUT2D eigenvalue weighted by Gasteiger charge is -2.38. The normalized spacial score (nSPS) is 24.9. The van der Waals surface area contributed by atoms with E-state index in [2.05, 4.69) is 4.90 Å². The van der Waals surface area contributed by atoms with Crippen LogP contribution in [0.3, 0.4) is 0 Å². The number of carboxylic acids is 1. The predicted molar refractivity (Wildman–Crippen MR) is 134 cm³/mol. The van der Waals surface area contributed by atoms with Crippen LogP contribution in [0, 0.1) is 17.8 Å². The number of amides is 1. The molecule has 0 radical (unpaired) electrons. The van der Waals surface area contributed by atoms with Crippen LogP contribution in [0.25, 0.3) is 0 Å². The van der Waals surface area contributed by atoms with Crippen molar-refractivity contribution in [3.8, 4) is 0 Å². The smallest absolute Gasteiger partial charge is 0.416 e. The van der Waals surface area contributed by atoms with E-state index >= 15 is 0 Å². The lowest BCUT2D eigenvalue weighted by Crippen LogP contribution is -2.42. The van der Waals surface area contributed by atoms with Crippen LogP contribution in [0.4, 0.5) is 18.9 Å². The monoisotopic (exact) mass is 521 g/mol. The predicted octanol–water partition coefficient (Wildman–Crippen LogP) is 4.83. The van der Waals surface area contributed by atoms with Gasteiger partial charge in [0.2, 0.25) is 5.91 Å². The van der Waals surface area contributed by atoms with Crippen LogP contribution in [0.2, 0.25) is 0 Å². The zero-order chi connectivity index (χ0) is 26.2. The summed E-state index contributed by atoms with van der Waals surface area (Å²) in [4.78, 5) is 30.9. The Morgan fingerprint density at radius 3 is 2.16 bits per heavy atom. The zero-order valence-corrected chi connectivity index (χ0v) is 21.4. The van der Waals surface area contributed by atoms with Gasteiger partial charge in [0.15, 0.2) is 0 Å². The van der Waals surface area contributed by atoms with Crippen molar-refractivity contribution in [2.75, 3.05) is 50.7 Å². The number of hydrogen-bond acceptors (Lipinski definition) is 4. The van der Waals surface area contributed by atoms with Gasteiger partial charge in [0.1, 0.15) is 0 Å². The van der Waals surface area contributed by atoms with E-state index in [4.69, 9.17) is 0 Å². The first-order valence-corrected chi connectivity index (χ1v) is 13.9. The molecular weight excluding hydrogens is 483 g/mol. The molecule has 1 atom stereocenters. The van der Waals surface area contributed by atoms with E-state index in [0.29, 0.717) is 44.7 Å². The van der Waals surface area contributed by atoms with Crippen molar-refractivity contribution in [1.82, 2.24) is 9.80 Å². The first kappa shape index (κ1) is 26.3. The third-order valence-electron chi connectivity index (χ3n) is 9.15. The first-order chi connectivity index (χ1) is 17.7. The molecule has 1 unspecified atom stereocenters. The Bertz CT molecular complexity index is 981. The number of benzene rings is 1. The van der Waals surface area contributed by atoms with Crippen molar-refractivity contribution in [3.05, 3.63) is 29.3 Å². The van der Waals surface area contributed by atoms with Crippen LogP contribution in [-0.2, 0) is 15.8 Å². The standard InChI is InChI=1S/C28H38F3N3O3/c29-28(30,31)23-4-5-24(25(16-23)33-12-9-21(10-13-33)27(36)37)20-7-14-34(15-8-20)26(35)22-6-11-32(18-22)17-19-2-1-3-19/h4-5,16,19-22H,1-3,6-15,17-18H2,(H,36,37). The molecule has 1 amide bonds. The molecule has 1 aromatic carbocycles. The number of aliphatic carboxylic acids is 1. The molecular formula is C28H38F3N3O3. The number of likely N-dealkylation sites (tertiary alicyclic amines) is 2. The molecule has 37 heavy (non-hydrogen) atoms. The molecule has 1 aromatic rings. The van der Waals surface area contributed by atoms with Gasteiger partial charge in [-0.15, -0.1) is 0 Å². The fourth-order valence-electron chi connectivity index (χ4n) is 6.62. The molecule has 1 N–H and O–H groups in total. The SMILES string of the molecule is O=C(O)C1CCN(c2cc(C(F)(F)F)ccc2C2CCN(C(=O)C3CCN(CC4CCC4)C3)CC2)CC1. The molecule has 3 saturated heterocycles. The van der Waals surface area contributed by atoms with Gasteiger partial charge in [-0.05, 0) is 81.0 Å². The Labute approximate surface area is 216 Å². The summed E-state index contributed by atoms with van der Waals surface area (Å²) < 4.78 is 40.6. The second-order valence-electron chi connectivity index (χ2n) is 11.5. The van der Waals surface area contributed by atoms with Crippen LogP contribution < -0.4 is 4.90 Å². The van der Waals surface area contributed by atoms with Gasteiger partial charge in [-0.1, -0.05) is 12.5 Å². The van der Waals surface area contributed by atoms with E-state index in [1.165, 1.54) is 25.3 Å². The molecule has 4 fully saturated rings. The Balaban J connectivity index is 1.23. The van der Waals surface area contributed by atoms with E-state index in [0.717, 1.165) is 56.4 Å². The highest BCUT2D eigenvalue weighted by Gasteiger charge is 2.37. The van der Waals surface area contributed by atoms with Gasteiger partial charge < -0.3 is 19.8 Å². The second-order valence-corrected chi connectivity index (χ2v) is 11.5. The summed E-state index contributed by atoms with van der Waals surface area (Å²) in [6, 6.07) is 4.01. The largest absolute Gasteiger partial charge is 0.481 e. The van der Waals surface area contributed by atoms with Crippen LogP contribution in [0.1, 0.15) is 68.4 Å². The summed E-state index contributed by atoms with van der Waals surface area (Å²) in [7, 11) is 0. The van der Waals surface area contributed by atoms with E-state index in [1.807, 2.05) is 9.80 Å². The molecule has 4 aliphatic rings. The molecule has 3 aliphatic heterocycles. The summed E-state index contributed by atoms with van der Waals surface area (Å²) in [6.07, 6.45) is 2.75. The Kier molecular flexibility index (Phi) is 7.70. The maximum absolute atomic E-state index is 13.5. The molecule has 0 spiro atoms. The summed E-state index contributed by atoms with van der Waals surface area (Å²) in [6.45, 7) is 5.09. The van der Waals surface area contributed by atoms with Gasteiger partial charge in [0, 0.05) is 45.0 Å². The molecule has 0 bridgehead atoms. The molecule has 5 rings (SSSR count). The topological polar surface area (TPSA) is 64.1 Å². The number of rotatable bonds is 6. The molecule has 0 aromatic heterocycles. The number of anilines is 1. The van der Waals surface area contributed by atoms with Crippen molar-refractivity contribution >= 4 is 17.6 Å². The maximum atomic E-state index is 13.5. The number of carboxylic acid groups (broad SMARTS) is 1. The highest BCUT2D eigenvalue weighted by molar-refractivity contribution is 5.79. The molecule has 6 nitrogen and oxygen atoms in total. The molecule has 1 aliphatic carbocycles. The van der Waals surface area contributed by atoms with E-state index in [1.54, 1.807) is 6.07 Å². The van der Waals surface area contributed by atoms with Crippen LogP contribution >= 0.6 is 0 Å². The highest BCUT2D eigenvalue weighted by Crippen LogP contribution is 2.40. The number of carbonyl (C=O) groups is 2. The van der Waals surface area contributed by atoms with Crippen molar-refractivity contribution < 1.29 is 27.9 Å². The Morgan fingerprint density at radius 1 is 0.892 bits per heavy atom. The maximum Gasteiger partial charge on any atom is 0.416 e. The van der Waals surface area contributed by atoms with Gasteiger partial charge in [-0.3, -0.25) is 9.59 Å². The molecule has 204 valence electrons. The summed E-state index contributed by atoms with van der Waals surface area (Å²) in [5.74, 6) is -0.101. The van der Waals surface area contributed by atoms with Crippen LogP contribution in [0.5, 0.6) is 0 Å². The summed E-state index contributed by atoms with van der Waals surface area (Å²) in [5, 5.41) is 9.32. The third-order valence-corrected chi connectivity index (χ3v) is 9.15. The van der Waals surface area contributed by atoms with Crippen molar-refractivity contribution in [1.29, 1.82) is 0 Å². The Morgan fingerprint density at radius 2 is 1.57 bits per heavy atom. The van der Waals surface area contributed by atoms with Crippen molar-refractivity contribution in [2.24, 2.45) is 17.8 Å². The lowest BCUT2D eigenvalue weighted by molar-refractivity contribution is -0.142. The zero-order valence-electron chi connectivity index (χ0n) is 21.4. The van der Waals surface area contributed by atoms with Gasteiger partial charge in [-0.2, -0.15) is 13.2 Å². The van der Waals surface area contributed by atoms with Crippen LogP contribution in [-0.4, -0.2) is 72.6 Å². The molecule has 1 saturated carbocycles. The minimum absolute atomic E-state index is 0.0637. The highest BCUT2D eigenvalue weighted by atomic mass is 19.4. The minimum Gasteiger partial charge on any atom is -0.481 e. The first-order valence-electron chi connectivity index (χ1n) is 13.9. The third kappa shape index (κ3) is 5.91. The fraction of sp³-hybridized carbons (Fsp3) is 0.714. The molecule has 9 heteroatoms.